The van der Waals surface area contributed by atoms with Crippen molar-refractivity contribution in [1.82, 2.24) is 4.90 Å². The Hall–Kier alpha value is -1.02. The van der Waals surface area contributed by atoms with Crippen molar-refractivity contribution in [2.45, 2.75) is 50.1 Å². The van der Waals surface area contributed by atoms with Gasteiger partial charge in [-0.15, -0.1) is 11.6 Å². The average Bonchev–Trinajstić information content (AvgIpc) is 2.61. The van der Waals surface area contributed by atoms with Gasteiger partial charge in [-0.2, -0.15) is 0 Å². The van der Waals surface area contributed by atoms with Crippen molar-refractivity contribution < 1.29 is 4.79 Å². The number of piperidine rings is 1. The number of aryl methyl sites for hydroxylation is 1. The molecule has 96 valence electrons. The molecule has 0 aliphatic carbocycles. The number of carbonyl (C=O) groups is 1. The van der Waals surface area contributed by atoms with Crippen LogP contribution in [0.3, 0.4) is 0 Å². The first-order chi connectivity index (χ1) is 8.65. The van der Waals surface area contributed by atoms with Crippen molar-refractivity contribution in [2.24, 2.45) is 0 Å². The number of halogens is 1. The van der Waals surface area contributed by atoms with Crippen LogP contribution in [0.15, 0.2) is 24.3 Å². The molecule has 0 radical (unpaired) electrons. The lowest BCUT2D eigenvalue weighted by atomic mass is 10.0. The van der Waals surface area contributed by atoms with Gasteiger partial charge in [0, 0.05) is 23.0 Å². The van der Waals surface area contributed by atoms with Gasteiger partial charge in [0.1, 0.15) is 0 Å². The molecule has 0 spiro atoms. The third-order valence-corrected chi connectivity index (χ3v) is 4.53. The molecule has 2 atom stereocenters. The molecule has 2 saturated heterocycles. The number of alkyl halides is 1. The standard InChI is InChI=1S/C15H18ClNO/c1-10-3-2-4-11(7-10)15(18)17-13-5-6-14(17)9-12(16)8-13/h2-4,7,12-14H,5-6,8-9H2,1H3. The zero-order valence-corrected chi connectivity index (χ0v) is 11.4. The summed E-state index contributed by atoms with van der Waals surface area (Å²) in [5.74, 6) is 0.190. The Morgan fingerprint density at radius 3 is 2.56 bits per heavy atom. The van der Waals surface area contributed by atoms with Crippen LogP contribution in [0.25, 0.3) is 0 Å². The topological polar surface area (TPSA) is 20.3 Å². The summed E-state index contributed by atoms with van der Waals surface area (Å²) in [4.78, 5) is 14.7. The van der Waals surface area contributed by atoms with Crippen LogP contribution in [0.5, 0.6) is 0 Å². The third kappa shape index (κ3) is 2.03. The number of nitrogens with zero attached hydrogens (tertiary/aromatic N) is 1. The van der Waals surface area contributed by atoms with E-state index >= 15 is 0 Å². The Morgan fingerprint density at radius 2 is 1.94 bits per heavy atom. The van der Waals surface area contributed by atoms with Crippen LogP contribution in [0.2, 0.25) is 0 Å². The lowest BCUT2D eigenvalue weighted by Crippen LogP contribution is -2.46. The number of hydrogen-bond acceptors (Lipinski definition) is 1. The molecule has 2 unspecified atom stereocenters. The van der Waals surface area contributed by atoms with Gasteiger partial charge in [-0.05, 0) is 44.7 Å². The Morgan fingerprint density at radius 1 is 1.28 bits per heavy atom. The summed E-state index contributed by atoms with van der Waals surface area (Å²) in [7, 11) is 0. The minimum Gasteiger partial charge on any atom is -0.333 e. The summed E-state index contributed by atoms with van der Waals surface area (Å²) in [6.07, 6.45) is 4.14. The molecule has 1 aromatic rings. The van der Waals surface area contributed by atoms with Gasteiger partial charge in [0.25, 0.3) is 5.91 Å². The minimum atomic E-state index is 0.190. The highest BCUT2D eigenvalue weighted by molar-refractivity contribution is 6.20. The van der Waals surface area contributed by atoms with Crippen molar-refractivity contribution >= 4 is 17.5 Å². The number of carbonyl (C=O) groups excluding carboxylic acids is 1. The number of hydrogen-bond donors (Lipinski definition) is 0. The maximum absolute atomic E-state index is 12.6. The Balaban J connectivity index is 1.85. The first kappa shape index (κ1) is 12.0. The molecule has 2 nitrogen and oxygen atoms in total. The normalized spacial score (nSPS) is 30.6. The van der Waals surface area contributed by atoms with Crippen LogP contribution < -0.4 is 0 Å². The fourth-order valence-corrected chi connectivity index (χ4v) is 3.78. The van der Waals surface area contributed by atoms with Crippen molar-refractivity contribution in [1.29, 1.82) is 0 Å². The second kappa shape index (κ2) is 4.58. The molecule has 2 heterocycles. The van der Waals surface area contributed by atoms with E-state index in [-0.39, 0.29) is 11.3 Å². The molecule has 3 rings (SSSR count). The zero-order chi connectivity index (χ0) is 12.7. The molecule has 1 aromatic carbocycles. The van der Waals surface area contributed by atoms with E-state index in [2.05, 4.69) is 4.90 Å². The van der Waals surface area contributed by atoms with Crippen LogP contribution in [-0.2, 0) is 0 Å². The maximum Gasteiger partial charge on any atom is 0.254 e. The van der Waals surface area contributed by atoms with Crippen LogP contribution in [0.1, 0.15) is 41.6 Å². The number of fused-ring (bicyclic) bond motifs is 2. The van der Waals surface area contributed by atoms with E-state index in [0.29, 0.717) is 12.1 Å². The SMILES string of the molecule is Cc1cccc(C(=O)N2C3CCC2CC(Cl)C3)c1. The highest BCUT2D eigenvalue weighted by atomic mass is 35.5. The van der Waals surface area contributed by atoms with E-state index in [1.54, 1.807) is 0 Å². The minimum absolute atomic E-state index is 0.190. The fraction of sp³-hybridized carbons (Fsp3) is 0.533. The third-order valence-electron chi connectivity index (χ3n) is 4.18. The molecule has 2 aliphatic rings. The van der Waals surface area contributed by atoms with Crippen LogP contribution in [-0.4, -0.2) is 28.3 Å². The summed E-state index contributed by atoms with van der Waals surface area (Å²) < 4.78 is 0. The number of benzene rings is 1. The number of rotatable bonds is 1. The molecule has 1 amide bonds. The monoisotopic (exact) mass is 263 g/mol. The second-order valence-electron chi connectivity index (χ2n) is 5.54. The van der Waals surface area contributed by atoms with E-state index in [0.717, 1.165) is 36.8 Å². The lowest BCUT2D eigenvalue weighted by Gasteiger charge is -2.37. The van der Waals surface area contributed by atoms with Gasteiger partial charge in [-0.1, -0.05) is 17.7 Å². The van der Waals surface area contributed by atoms with Gasteiger partial charge < -0.3 is 4.90 Å². The van der Waals surface area contributed by atoms with Gasteiger partial charge in [0.05, 0.1) is 0 Å². The van der Waals surface area contributed by atoms with Crippen LogP contribution >= 0.6 is 11.6 Å². The summed E-state index contributed by atoms with van der Waals surface area (Å²) in [6.45, 7) is 2.02. The molecule has 2 fully saturated rings. The van der Waals surface area contributed by atoms with Gasteiger partial charge >= 0.3 is 0 Å². The van der Waals surface area contributed by atoms with Gasteiger partial charge in [0.2, 0.25) is 0 Å². The predicted molar refractivity (Wildman–Crippen MR) is 73.0 cm³/mol. The quantitative estimate of drug-likeness (QED) is 0.712. The summed E-state index contributed by atoms with van der Waals surface area (Å²) in [5, 5.41) is 0.254. The van der Waals surface area contributed by atoms with Crippen molar-refractivity contribution in [3.63, 3.8) is 0 Å². The molecule has 0 aromatic heterocycles. The summed E-state index contributed by atoms with van der Waals surface area (Å²) >= 11 is 6.25. The molecule has 3 heteroatoms. The maximum atomic E-state index is 12.6. The fourth-order valence-electron chi connectivity index (χ4n) is 3.37. The van der Waals surface area contributed by atoms with Crippen LogP contribution in [0.4, 0.5) is 0 Å². The Bertz CT molecular complexity index is 459. The van der Waals surface area contributed by atoms with E-state index in [1.165, 1.54) is 0 Å². The lowest BCUT2D eigenvalue weighted by molar-refractivity contribution is 0.0599. The van der Waals surface area contributed by atoms with Crippen molar-refractivity contribution in [2.75, 3.05) is 0 Å². The van der Waals surface area contributed by atoms with Crippen molar-refractivity contribution in [3.05, 3.63) is 35.4 Å². The van der Waals surface area contributed by atoms with E-state index in [4.69, 9.17) is 11.6 Å². The zero-order valence-electron chi connectivity index (χ0n) is 10.6. The molecule has 0 saturated carbocycles. The van der Waals surface area contributed by atoms with E-state index < -0.39 is 0 Å². The molecule has 2 bridgehead atoms. The molecule has 18 heavy (non-hydrogen) atoms. The highest BCUT2D eigenvalue weighted by Crippen LogP contribution is 2.38. The van der Waals surface area contributed by atoms with Gasteiger partial charge in [-0.3, -0.25) is 4.79 Å². The smallest absolute Gasteiger partial charge is 0.254 e. The second-order valence-corrected chi connectivity index (χ2v) is 6.15. The first-order valence-corrected chi connectivity index (χ1v) is 7.12. The molecule has 0 N–H and O–H groups in total. The first-order valence-electron chi connectivity index (χ1n) is 6.68. The largest absolute Gasteiger partial charge is 0.333 e. The summed E-state index contributed by atoms with van der Waals surface area (Å²) in [6, 6.07) is 8.60. The van der Waals surface area contributed by atoms with E-state index in [1.807, 2.05) is 31.2 Å². The average molecular weight is 264 g/mol. The molecular formula is C15H18ClNO. The summed E-state index contributed by atoms with van der Waals surface area (Å²) in [5.41, 5.74) is 1.96. The predicted octanol–water partition coefficient (Wildman–Crippen LogP) is 3.37. The Kier molecular flexibility index (Phi) is 3.06. The molecular weight excluding hydrogens is 246 g/mol. The van der Waals surface area contributed by atoms with Crippen molar-refractivity contribution in [3.8, 4) is 0 Å². The van der Waals surface area contributed by atoms with Crippen LogP contribution in [0, 0.1) is 6.92 Å². The van der Waals surface area contributed by atoms with Gasteiger partial charge in [-0.25, -0.2) is 0 Å². The number of amides is 1. The van der Waals surface area contributed by atoms with E-state index in [9.17, 15) is 4.79 Å². The highest BCUT2D eigenvalue weighted by Gasteiger charge is 2.42. The molecule has 2 aliphatic heterocycles. The van der Waals surface area contributed by atoms with Gasteiger partial charge in [0.15, 0.2) is 0 Å². The Labute approximate surface area is 113 Å².